The van der Waals surface area contributed by atoms with Crippen LogP contribution in [0.15, 0.2) is 65.1 Å². The first-order chi connectivity index (χ1) is 12.6. The smallest absolute Gasteiger partial charge is 0.247 e. The van der Waals surface area contributed by atoms with Gasteiger partial charge in [0.05, 0.1) is 13.0 Å². The Balaban J connectivity index is 1.64. The monoisotopic (exact) mass is 346 g/mol. The predicted octanol–water partition coefficient (Wildman–Crippen LogP) is 4.76. The molecule has 0 amide bonds. The van der Waals surface area contributed by atoms with Crippen molar-refractivity contribution in [1.82, 2.24) is 10.2 Å². The number of methoxy groups -OCH3 is 1. The van der Waals surface area contributed by atoms with E-state index in [4.69, 9.17) is 9.15 Å². The van der Waals surface area contributed by atoms with E-state index < -0.39 is 0 Å². The Labute approximate surface area is 150 Å². The van der Waals surface area contributed by atoms with Gasteiger partial charge in [-0.25, -0.2) is 0 Å². The summed E-state index contributed by atoms with van der Waals surface area (Å²) in [5.74, 6) is 2.02. The second-order valence-electron chi connectivity index (χ2n) is 6.19. The Morgan fingerprint density at radius 1 is 0.923 bits per heavy atom. The second kappa shape index (κ2) is 6.52. The minimum absolute atomic E-state index is 0.0279. The zero-order valence-corrected chi connectivity index (χ0v) is 14.5. The van der Waals surface area contributed by atoms with E-state index in [1.54, 1.807) is 31.4 Å². The average Bonchev–Trinajstić information content (AvgIpc) is 3.17. The molecular weight excluding hydrogens is 328 g/mol. The lowest BCUT2D eigenvalue weighted by Crippen LogP contribution is -1.96. The van der Waals surface area contributed by atoms with E-state index in [1.807, 2.05) is 25.1 Å². The van der Waals surface area contributed by atoms with Crippen molar-refractivity contribution in [2.45, 2.75) is 12.8 Å². The molecule has 0 spiro atoms. The number of rotatable bonds is 4. The molecule has 0 aliphatic heterocycles. The van der Waals surface area contributed by atoms with E-state index in [2.05, 4.69) is 28.4 Å². The standard InChI is InChI=1S/C21H18N2O3/c1-13(15-3-4-17-12-19(25-2)10-7-16(17)11-15)20-22-23-21(26-20)14-5-8-18(24)9-6-14/h3-13,24H,1-2H3. The maximum atomic E-state index is 9.39. The summed E-state index contributed by atoms with van der Waals surface area (Å²) in [4.78, 5) is 0. The summed E-state index contributed by atoms with van der Waals surface area (Å²) >= 11 is 0. The summed E-state index contributed by atoms with van der Waals surface area (Å²) in [5.41, 5.74) is 1.88. The second-order valence-corrected chi connectivity index (χ2v) is 6.19. The third-order valence-electron chi connectivity index (χ3n) is 4.50. The van der Waals surface area contributed by atoms with Crippen LogP contribution in [0, 0.1) is 0 Å². The maximum Gasteiger partial charge on any atom is 0.247 e. The van der Waals surface area contributed by atoms with E-state index in [9.17, 15) is 5.11 Å². The van der Waals surface area contributed by atoms with Crippen LogP contribution in [0.5, 0.6) is 11.5 Å². The number of phenols is 1. The molecule has 0 fully saturated rings. The zero-order valence-electron chi connectivity index (χ0n) is 14.5. The van der Waals surface area contributed by atoms with Gasteiger partial charge in [-0.2, -0.15) is 0 Å². The summed E-state index contributed by atoms with van der Waals surface area (Å²) in [7, 11) is 1.67. The first-order valence-electron chi connectivity index (χ1n) is 8.34. The van der Waals surface area contributed by atoms with Crippen molar-refractivity contribution in [3.8, 4) is 23.0 Å². The van der Waals surface area contributed by atoms with E-state index >= 15 is 0 Å². The van der Waals surface area contributed by atoms with E-state index in [0.717, 1.165) is 27.6 Å². The molecule has 1 unspecified atom stereocenters. The Morgan fingerprint density at radius 2 is 1.65 bits per heavy atom. The van der Waals surface area contributed by atoms with Crippen LogP contribution >= 0.6 is 0 Å². The van der Waals surface area contributed by atoms with Gasteiger partial charge in [-0.1, -0.05) is 24.3 Å². The van der Waals surface area contributed by atoms with Gasteiger partial charge in [-0.05, 0) is 59.7 Å². The summed E-state index contributed by atoms with van der Waals surface area (Å²) in [6.45, 7) is 2.04. The number of aromatic hydroxyl groups is 1. The fourth-order valence-corrected chi connectivity index (χ4v) is 2.91. The molecule has 4 rings (SSSR count). The molecule has 130 valence electrons. The molecule has 0 aliphatic carbocycles. The van der Waals surface area contributed by atoms with Crippen molar-refractivity contribution < 1.29 is 14.3 Å². The maximum absolute atomic E-state index is 9.39. The van der Waals surface area contributed by atoms with Crippen molar-refractivity contribution >= 4 is 10.8 Å². The molecule has 1 N–H and O–H groups in total. The molecule has 0 radical (unpaired) electrons. The topological polar surface area (TPSA) is 68.4 Å². The van der Waals surface area contributed by atoms with Gasteiger partial charge in [0.15, 0.2) is 0 Å². The van der Waals surface area contributed by atoms with E-state index in [-0.39, 0.29) is 11.7 Å². The largest absolute Gasteiger partial charge is 0.508 e. The Kier molecular flexibility index (Phi) is 4.05. The van der Waals surface area contributed by atoms with Crippen molar-refractivity contribution in [2.24, 2.45) is 0 Å². The SMILES string of the molecule is COc1ccc2cc(C(C)c3nnc(-c4ccc(O)cc4)o3)ccc2c1. The lowest BCUT2D eigenvalue weighted by molar-refractivity contribution is 0.415. The number of nitrogens with zero attached hydrogens (tertiary/aromatic N) is 2. The molecule has 5 nitrogen and oxygen atoms in total. The first kappa shape index (κ1) is 16.1. The predicted molar refractivity (Wildman–Crippen MR) is 99.4 cm³/mol. The minimum atomic E-state index is -0.0279. The van der Waals surface area contributed by atoms with Crippen LogP contribution in [0.3, 0.4) is 0 Å². The summed E-state index contributed by atoms with van der Waals surface area (Å²) in [6, 6.07) is 19.0. The highest BCUT2D eigenvalue weighted by Crippen LogP contribution is 2.30. The number of benzene rings is 3. The van der Waals surface area contributed by atoms with Gasteiger partial charge in [0.2, 0.25) is 11.8 Å². The number of ether oxygens (including phenoxy) is 1. The van der Waals surface area contributed by atoms with Crippen molar-refractivity contribution in [2.75, 3.05) is 7.11 Å². The molecular formula is C21H18N2O3. The molecule has 4 aromatic rings. The minimum Gasteiger partial charge on any atom is -0.508 e. The summed E-state index contributed by atoms with van der Waals surface area (Å²) in [5, 5.41) is 20.0. The number of fused-ring (bicyclic) bond motifs is 1. The number of hydrogen-bond acceptors (Lipinski definition) is 5. The Morgan fingerprint density at radius 3 is 2.42 bits per heavy atom. The van der Waals surface area contributed by atoms with Crippen LogP contribution in [-0.4, -0.2) is 22.4 Å². The van der Waals surface area contributed by atoms with Gasteiger partial charge in [-0.3, -0.25) is 0 Å². The Bertz CT molecular complexity index is 1050. The third kappa shape index (κ3) is 2.99. The van der Waals surface area contributed by atoms with Gasteiger partial charge < -0.3 is 14.3 Å². The highest BCUT2D eigenvalue weighted by molar-refractivity contribution is 5.84. The van der Waals surface area contributed by atoms with E-state index in [1.165, 1.54) is 0 Å². The summed E-state index contributed by atoms with van der Waals surface area (Å²) < 4.78 is 11.1. The molecule has 0 saturated carbocycles. The molecule has 0 saturated heterocycles. The molecule has 1 heterocycles. The third-order valence-corrected chi connectivity index (χ3v) is 4.50. The van der Waals surface area contributed by atoms with Gasteiger partial charge in [0.1, 0.15) is 11.5 Å². The summed E-state index contributed by atoms with van der Waals surface area (Å²) in [6.07, 6.45) is 0. The number of phenolic OH excluding ortho intramolecular Hbond substituents is 1. The van der Waals surface area contributed by atoms with Crippen LogP contribution in [-0.2, 0) is 0 Å². The molecule has 5 heteroatoms. The van der Waals surface area contributed by atoms with Crippen LogP contribution in [0.1, 0.15) is 24.3 Å². The van der Waals surface area contributed by atoms with E-state index in [0.29, 0.717) is 11.8 Å². The Hall–Kier alpha value is -3.34. The zero-order chi connectivity index (χ0) is 18.1. The van der Waals surface area contributed by atoms with Crippen molar-refractivity contribution in [3.63, 3.8) is 0 Å². The quantitative estimate of drug-likeness (QED) is 0.577. The van der Waals surface area contributed by atoms with Crippen LogP contribution in [0.4, 0.5) is 0 Å². The number of hydrogen-bond donors (Lipinski definition) is 1. The fraction of sp³-hybridized carbons (Fsp3) is 0.143. The lowest BCUT2D eigenvalue weighted by Gasteiger charge is -2.09. The fourth-order valence-electron chi connectivity index (χ4n) is 2.91. The molecule has 1 aromatic heterocycles. The molecule has 1 atom stereocenters. The van der Waals surface area contributed by atoms with Crippen molar-refractivity contribution in [1.29, 1.82) is 0 Å². The molecule has 3 aromatic carbocycles. The van der Waals surface area contributed by atoms with Gasteiger partial charge in [-0.15, -0.1) is 10.2 Å². The van der Waals surface area contributed by atoms with Crippen LogP contribution in [0.25, 0.3) is 22.2 Å². The number of aromatic nitrogens is 2. The van der Waals surface area contributed by atoms with Crippen LogP contribution < -0.4 is 4.74 Å². The van der Waals surface area contributed by atoms with Gasteiger partial charge >= 0.3 is 0 Å². The lowest BCUT2D eigenvalue weighted by atomic mass is 9.97. The molecule has 0 aliphatic rings. The van der Waals surface area contributed by atoms with Gasteiger partial charge in [0, 0.05) is 5.56 Å². The molecule has 26 heavy (non-hydrogen) atoms. The normalized spacial score (nSPS) is 12.2. The molecule has 0 bridgehead atoms. The first-order valence-corrected chi connectivity index (χ1v) is 8.34. The van der Waals surface area contributed by atoms with Crippen LogP contribution in [0.2, 0.25) is 0 Å². The average molecular weight is 346 g/mol. The highest BCUT2D eigenvalue weighted by Gasteiger charge is 2.17. The highest BCUT2D eigenvalue weighted by atomic mass is 16.5. The van der Waals surface area contributed by atoms with Gasteiger partial charge in [0.25, 0.3) is 0 Å². The van der Waals surface area contributed by atoms with Crippen molar-refractivity contribution in [3.05, 3.63) is 72.1 Å².